The molecule has 9 nitrogen and oxygen atoms in total. The van der Waals surface area contributed by atoms with Gasteiger partial charge in [0.2, 0.25) is 0 Å². The van der Waals surface area contributed by atoms with Crippen LogP contribution < -0.4 is 10.1 Å². The molecule has 1 heterocycles. The summed E-state index contributed by atoms with van der Waals surface area (Å²) in [5.74, 6) is -0.329. The fraction of sp³-hybridized carbons (Fsp3) is 0.364. The third-order valence-corrected chi connectivity index (χ3v) is 5.32. The standard InChI is InChI=1S/C22H25N3O6/c1-30-20-6-4-3-5-15(20)14-24-9-7-18(8-10-24)23-21(26)16-11-17(22(27)31-2)13-19(12-16)25(28)29/h3-6,11-13,18H,7-10,14H2,1-2H3,(H,23,26). The molecular weight excluding hydrogens is 402 g/mol. The highest BCUT2D eigenvalue weighted by molar-refractivity contribution is 5.99. The van der Waals surface area contributed by atoms with Crippen LogP contribution >= 0.6 is 0 Å². The molecule has 0 aliphatic carbocycles. The maximum Gasteiger partial charge on any atom is 0.338 e. The molecule has 0 atom stereocenters. The SMILES string of the molecule is COC(=O)c1cc(C(=O)NC2CCN(Cc3ccccc3OC)CC2)cc([N+](=O)[O-])c1. The molecule has 0 saturated carbocycles. The summed E-state index contributed by atoms with van der Waals surface area (Å²) in [6.07, 6.45) is 1.50. The zero-order chi connectivity index (χ0) is 22.4. The Labute approximate surface area is 180 Å². The van der Waals surface area contributed by atoms with Gasteiger partial charge in [0.25, 0.3) is 11.6 Å². The van der Waals surface area contributed by atoms with Crippen LogP contribution in [0.4, 0.5) is 5.69 Å². The van der Waals surface area contributed by atoms with Crippen molar-refractivity contribution in [1.82, 2.24) is 10.2 Å². The minimum atomic E-state index is -0.734. The molecule has 1 amide bonds. The van der Waals surface area contributed by atoms with E-state index < -0.39 is 16.8 Å². The smallest absolute Gasteiger partial charge is 0.338 e. The van der Waals surface area contributed by atoms with Crippen LogP contribution in [0.5, 0.6) is 5.75 Å². The summed E-state index contributed by atoms with van der Waals surface area (Å²) in [6.45, 7) is 2.36. The number of non-ortho nitro benzene ring substituents is 1. The van der Waals surface area contributed by atoms with E-state index in [1.54, 1.807) is 7.11 Å². The van der Waals surface area contributed by atoms with Gasteiger partial charge >= 0.3 is 5.97 Å². The first-order valence-corrected chi connectivity index (χ1v) is 9.94. The van der Waals surface area contributed by atoms with Crippen LogP contribution in [0, 0.1) is 10.1 Å². The van der Waals surface area contributed by atoms with Crippen molar-refractivity contribution in [1.29, 1.82) is 0 Å². The second-order valence-corrected chi connectivity index (χ2v) is 7.35. The Balaban J connectivity index is 1.61. The molecule has 0 radical (unpaired) electrons. The second-order valence-electron chi connectivity index (χ2n) is 7.35. The average Bonchev–Trinajstić information content (AvgIpc) is 2.79. The van der Waals surface area contributed by atoms with E-state index in [9.17, 15) is 19.7 Å². The molecule has 3 rings (SSSR count). The largest absolute Gasteiger partial charge is 0.496 e. The van der Waals surface area contributed by atoms with Gasteiger partial charge in [-0.1, -0.05) is 18.2 Å². The molecule has 31 heavy (non-hydrogen) atoms. The summed E-state index contributed by atoms with van der Waals surface area (Å²) < 4.78 is 10.0. The highest BCUT2D eigenvalue weighted by atomic mass is 16.6. The molecular formula is C22H25N3O6. The van der Waals surface area contributed by atoms with E-state index in [4.69, 9.17) is 4.74 Å². The molecule has 1 saturated heterocycles. The van der Waals surface area contributed by atoms with Gasteiger partial charge in [-0.15, -0.1) is 0 Å². The van der Waals surface area contributed by atoms with Crippen LogP contribution in [-0.2, 0) is 11.3 Å². The van der Waals surface area contributed by atoms with Gasteiger partial charge in [0.05, 0.1) is 24.7 Å². The quantitative estimate of drug-likeness (QED) is 0.411. The lowest BCUT2D eigenvalue weighted by Crippen LogP contribution is -2.44. The lowest BCUT2D eigenvalue weighted by atomic mass is 10.0. The van der Waals surface area contributed by atoms with E-state index in [-0.39, 0.29) is 22.9 Å². The molecule has 1 aliphatic heterocycles. The minimum Gasteiger partial charge on any atom is -0.496 e. The van der Waals surface area contributed by atoms with E-state index in [2.05, 4.69) is 15.0 Å². The van der Waals surface area contributed by atoms with Crippen LogP contribution in [-0.4, -0.2) is 55.1 Å². The molecule has 1 N–H and O–H groups in total. The number of carbonyl (C=O) groups excluding carboxylic acids is 2. The zero-order valence-electron chi connectivity index (χ0n) is 17.5. The number of hydrogen-bond donors (Lipinski definition) is 1. The van der Waals surface area contributed by atoms with Gasteiger partial charge in [-0.25, -0.2) is 4.79 Å². The number of carbonyl (C=O) groups is 2. The molecule has 9 heteroatoms. The molecule has 2 aromatic rings. The average molecular weight is 427 g/mol. The molecule has 0 spiro atoms. The zero-order valence-corrected chi connectivity index (χ0v) is 17.5. The molecule has 0 bridgehead atoms. The van der Waals surface area contributed by atoms with E-state index in [1.807, 2.05) is 24.3 Å². The first kappa shape index (κ1) is 22.2. The normalized spacial score (nSPS) is 14.6. The number of benzene rings is 2. The third kappa shape index (κ3) is 5.58. The number of methoxy groups -OCH3 is 2. The number of ether oxygens (including phenoxy) is 2. The van der Waals surface area contributed by atoms with E-state index in [1.165, 1.54) is 19.2 Å². The fourth-order valence-electron chi connectivity index (χ4n) is 3.66. The summed E-state index contributed by atoms with van der Waals surface area (Å²) in [5, 5.41) is 14.1. The van der Waals surface area contributed by atoms with Crippen molar-refractivity contribution in [3.63, 3.8) is 0 Å². The molecule has 0 aromatic heterocycles. The number of amides is 1. The Morgan fingerprint density at radius 2 is 1.81 bits per heavy atom. The number of piperidine rings is 1. The lowest BCUT2D eigenvalue weighted by molar-refractivity contribution is -0.384. The molecule has 164 valence electrons. The van der Waals surface area contributed by atoms with Gasteiger partial charge < -0.3 is 14.8 Å². The van der Waals surface area contributed by atoms with Crippen LogP contribution in [0.25, 0.3) is 0 Å². The summed E-state index contributed by atoms with van der Waals surface area (Å²) >= 11 is 0. The Morgan fingerprint density at radius 1 is 1.13 bits per heavy atom. The Hall–Kier alpha value is -3.46. The summed E-state index contributed by atoms with van der Waals surface area (Å²) in [7, 11) is 2.83. The van der Waals surface area contributed by atoms with Gasteiger partial charge in [-0.2, -0.15) is 0 Å². The minimum absolute atomic E-state index is 0.0338. The molecule has 1 aliphatic rings. The first-order chi connectivity index (χ1) is 14.9. The monoisotopic (exact) mass is 427 g/mol. The Kier molecular flexibility index (Phi) is 7.19. The second kappa shape index (κ2) is 10.0. The van der Waals surface area contributed by atoms with Crippen LogP contribution in [0.2, 0.25) is 0 Å². The molecule has 2 aromatic carbocycles. The van der Waals surface area contributed by atoms with Crippen molar-refractivity contribution in [2.75, 3.05) is 27.3 Å². The number of nitro benzene ring substituents is 1. The highest BCUT2D eigenvalue weighted by Gasteiger charge is 2.24. The summed E-state index contributed by atoms with van der Waals surface area (Å²) in [6, 6.07) is 11.4. The first-order valence-electron chi connectivity index (χ1n) is 9.94. The van der Waals surface area contributed by atoms with Crippen molar-refractivity contribution in [2.24, 2.45) is 0 Å². The Morgan fingerprint density at radius 3 is 2.45 bits per heavy atom. The van der Waals surface area contributed by atoms with E-state index in [0.29, 0.717) is 0 Å². The number of nitrogens with zero attached hydrogens (tertiary/aromatic N) is 2. The van der Waals surface area contributed by atoms with Crippen molar-refractivity contribution in [3.05, 3.63) is 69.3 Å². The van der Waals surface area contributed by atoms with Crippen LogP contribution in [0.3, 0.4) is 0 Å². The van der Waals surface area contributed by atoms with Crippen molar-refractivity contribution in [3.8, 4) is 5.75 Å². The summed E-state index contributed by atoms with van der Waals surface area (Å²) in [5.41, 5.74) is 0.804. The number of para-hydroxylation sites is 1. The van der Waals surface area contributed by atoms with Crippen molar-refractivity contribution < 1.29 is 24.0 Å². The van der Waals surface area contributed by atoms with Gasteiger partial charge in [0.15, 0.2) is 0 Å². The van der Waals surface area contributed by atoms with Gasteiger partial charge in [-0.05, 0) is 25.0 Å². The van der Waals surface area contributed by atoms with Crippen LogP contribution in [0.15, 0.2) is 42.5 Å². The molecule has 1 fully saturated rings. The number of nitro groups is 1. The topological polar surface area (TPSA) is 111 Å². The highest BCUT2D eigenvalue weighted by Crippen LogP contribution is 2.22. The lowest BCUT2D eigenvalue weighted by Gasteiger charge is -2.32. The number of hydrogen-bond acceptors (Lipinski definition) is 7. The fourth-order valence-corrected chi connectivity index (χ4v) is 3.66. The van der Waals surface area contributed by atoms with Crippen molar-refractivity contribution >= 4 is 17.6 Å². The Bertz CT molecular complexity index is 969. The number of nitrogens with one attached hydrogen (secondary N) is 1. The number of esters is 1. The van der Waals surface area contributed by atoms with Gasteiger partial charge in [-0.3, -0.25) is 19.8 Å². The molecule has 0 unspecified atom stereocenters. The van der Waals surface area contributed by atoms with E-state index in [0.717, 1.165) is 49.9 Å². The van der Waals surface area contributed by atoms with Gasteiger partial charge in [0, 0.05) is 48.9 Å². The third-order valence-electron chi connectivity index (χ3n) is 5.32. The van der Waals surface area contributed by atoms with Crippen LogP contribution in [0.1, 0.15) is 39.1 Å². The maximum atomic E-state index is 12.7. The predicted molar refractivity (Wildman–Crippen MR) is 113 cm³/mol. The van der Waals surface area contributed by atoms with E-state index >= 15 is 0 Å². The predicted octanol–water partition coefficient (Wildman–Crippen LogP) is 2.78. The van der Waals surface area contributed by atoms with Crippen molar-refractivity contribution in [2.45, 2.75) is 25.4 Å². The number of likely N-dealkylation sites (tertiary alicyclic amines) is 1. The van der Waals surface area contributed by atoms with Gasteiger partial charge in [0.1, 0.15) is 5.75 Å². The number of rotatable bonds is 7. The maximum absolute atomic E-state index is 12.7. The summed E-state index contributed by atoms with van der Waals surface area (Å²) in [4.78, 5) is 37.3.